The molecule has 0 saturated heterocycles. The van der Waals surface area contributed by atoms with Crippen LogP contribution in [0.1, 0.15) is 48.5 Å². The van der Waals surface area contributed by atoms with Gasteiger partial charge in [-0.25, -0.2) is 8.42 Å². The fourth-order valence-electron chi connectivity index (χ4n) is 3.22. The summed E-state index contributed by atoms with van der Waals surface area (Å²) in [7, 11) is -2.00. The van der Waals surface area contributed by atoms with Crippen LogP contribution in [0.5, 0.6) is 0 Å². The van der Waals surface area contributed by atoms with Gasteiger partial charge in [0.05, 0.1) is 5.25 Å². The standard InChI is InChI=1S/C22H25N3O4S/c1-14(2)30(28,29)25-21-19(12-13-20(26)24-21)17-8-4-15(5-9-17)16-6-10-18(11-7-16)22(27)23-3/h4-11,14,19H,12-13H2,1-3H3,(H,23,27)(H,24,25,26). The van der Waals surface area contributed by atoms with Crippen LogP contribution in [-0.4, -0.2) is 38.4 Å². The maximum atomic E-state index is 12.3. The van der Waals surface area contributed by atoms with Crippen molar-refractivity contribution in [1.29, 1.82) is 0 Å². The van der Waals surface area contributed by atoms with Crippen molar-refractivity contribution in [1.82, 2.24) is 10.0 Å². The number of aliphatic imine (C=N–C) groups is 1. The van der Waals surface area contributed by atoms with E-state index in [2.05, 4.69) is 15.0 Å². The van der Waals surface area contributed by atoms with E-state index in [-0.39, 0.29) is 30.0 Å². The molecule has 1 unspecified atom stereocenters. The molecule has 2 N–H and O–H groups in total. The summed E-state index contributed by atoms with van der Waals surface area (Å²) in [6, 6.07) is 15.0. The van der Waals surface area contributed by atoms with Gasteiger partial charge in [0.25, 0.3) is 5.91 Å². The minimum atomic E-state index is -3.59. The number of hydrogen-bond acceptors (Lipinski definition) is 4. The number of amides is 2. The lowest BCUT2D eigenvalue weighted by Gasteiger charge is -2.24. The summed E-state index contributed by atoms with van der Waals surface area (Å²) in [5.41, 5.74) is 3.40. The monoisotopic (exact) mass is 427 g/mol. The van der Waals surface area contributed by atoms with Crippen molar-refractivity contribution in [2.45, 2.75) is 37.9 Å². The smallest absolute Gasteiger partial charge is 0.251 e. The lowest BCUT2D eigenvalue weighted by atomic mass is 9.90. The molecule has 2 amide bonds. The molecule has 3 rings (SSSR count). The van der Waals surface area contributed by atoms with Crippen molar-refractivity contribution in [2.24, 2.45) is 4.99 Å². The topological polar surface area (TPSA) is 105 Å². The van der Waals surface area contributed by atoms with E-state index < -0.39 is 15.3 Å². The number of carbonyl (C=O) groups is 2. The number of rotatable bonds is 5. The van der Waals surface area contributed by atoms with Gasteiger partial charge in [0.15, 0.2) is 0 Å². The van der Waals surface area contributed by atoms with Crippen LogP contribution in [0.3, 0.4) is 0 Å². The van der Waals surface area contributed by atoms with Crippen LogP contribution in [0.25, 0.3) is 11.1 Å². The van der Waals surface area contributed by atoms with E-state index in [4.69, 9.17) is 0 Å². The molecule has 7 nitrogen and oxygen atoms in total. The molecular weight excluding hydrogens is 402 g/mol. The number of amidine groups is 1. The van der Waals surface area contributed by atoms with Crippen LogP contribution < -0.4 is 10.0 Å². The van der Waals surface area contributed by atoms with E-state index in [1.165, 1.54) is 0 Å². The van der Waals surface area contributed by atoms with Crippen LogP contribution in [0.4, 0.5) is 0 Å². The van der Waals surface area contributed by atoms with E-state index in [9.17, 15) is 18.0 Å². The molecule has 0 aromatic heterocycles. The SMILES string of the molecule is CNC(=O)c1ccc(-c2ccc(C3CCC(=O)N=C3NS(=O)(=O)C(C)C)cc2)cc1. The first-order chi connectivity index (χ1) is 14.2. The van der Waals surface area contributed by atoms with Gasteiger partial charge < -0.3 is 5.32 Å². The van der Waals surface area contributed by atoms with Crippen LogP contribution in [0.15, 0.2) is 53.5 Å². The highest BCUT2D eigenvalue weighted by Crippen LogP contribution is 2.29. The molecule has 0 fully saturated rings. The Hall–Kier alpha value is -3.00. The summed E-state index contributed by atoms with van der Waals surface area (Å²) in [6.45, 7) is 3.15. The summed E-state index contributed by atoms with van der Waals surface area (Å²) in [5.74, 6) is -0.566. The number of sulfonamides is 1. The van der Waals surface area contributed by atoms with Gasteiger partial charge in [-0.1, -0.05) is 36.4 Å². The first-order valence-corrected chi connectivity index (χ1v) is 11.3. The zero-order valence-electron chi connectivity index (χ0n) is 17.2. The summed E-state index contributed by atoms with van der Waals surface area (Å²) < 4.78 is 27.1. The Balaban J connectivity index is 1.84. The molecule has 1 heterocycles. The quantitative estimate of drug-likeness (QED) is 0.765. The van der Waals surface area contributed by atoms with Crippen LogP contribution in [0, 0.1) is 0 Å². The molecule has 0 saturated carbocycles. The number of benzene rings is 2. The molecule has 30 heavy (non-hydrogen) atoms. The fraction of sp³-hybridized carbons (Fsp3) is 0.318. The molecule has 0 radical (unpaired) electrons. The Morgan fingerprint density at radius 1 is 1.03 bits per heavy atom. The molecule has 2 aromatic carbocycles. The predicted molar refractivity (Wildman–Crippen MR) is 117 cm³/mol. The number of nitrogens with zero attached hydrogens (tertiary/aromatic N) is 1. The molecule has 0 bridgehead atoms. The van der Waals surface area contributed by atoms with Gasteiger partial charge in [-0.05, 0) is 49.1 Å². The van der Waals surface area contributed by atoms with Crippen molar-refractivity contribution in [3.8, 4) is 11.1 Å². The van der Waals surface area contributed by atoms with Crippen molar-refractivity contribution >= 4 is 27.7 Å². The zero-order valence-corrected chi connectivity index (χ0v) is 18.0. The average molecular weight is 428 g/mol. The average Bonchev–Trinajstić information content (AvgIpc) is 2.73. The largest absolute Gasteiger partial charge is 0.355 e. The van der Waals surface area contributed by atoms with E-state index in [0.717, 1.165) is 16.7 Å². The summed E-state index contributed by atoms with van der Waals surface area (Å²) >= 11 is 0. The van der Waals surface area contributed by atoms with Crippen molar-refractivity contribution in [3.63, 3.8) is 0 Å². The van der Waals surface area contributed by atoms with Gasteiger partial charge in [0.2, 0.25) is 15.9 Å². The predicted octanol–water partition coefficient (Wildman–Crippen LogP) is 2.84. The summed E-state index contributed by atoms with van der Waals surface area (Å²) in [4.78, 5) is 27.4. The normalized spacial score (nSPS) is 16.9. The van der Waals surface area contributed by atoms with E-state index >= 15 is 0 Å². The minimum absolute atomic E-state index is 0.139. The molecule has 1 aliphatic rings. The Labute approximate surface area is 176 Å². The van der Waals surface area contributed by atoms with Crippen LogP contribution in [0.2, 0.25) is 0 Å². The molecule has 2 aromatic rings. The summed E-state index contributed by atoms with van der Waals surface area (Å²) in [5, 5.41) is 1.96. The lowest BCUT2D eigenvalue weighted by Crippen LogP contribution is -2.41. The summed E-state index contributed by atoms with van der Waals surface area (Å²) in [6.07, 6.45) is 0.777. The molecule has 0 aliphatic carbocycles. The maximum absolute atomic E-state index is 12.3. The lowest BCUT2D eigenvalue weighted by molar-refractivity contribution is -0.118. The van der Waals surface area contributed by atoms with Crippen molar-refractivity contribution in [2.75, 3.05) is 7.05 Å². The Bertz CT molecular complexity index is 1070. The highest BCUT2D eigenvalue weighted by molar-refractivity contribution is 7.90. The van der Waals surface area contributed by atoms with Gasteiger partial charge in [0, 0.05) is 24.9 Å². The van der Waals surface area contributed by atoms with E-state index in [0.29, 0.717) is 12.0 Å². The zero-order chi connectivity index (χ0) is 21.9. The van der Waals surface area contributed by atoms with E-state index in [1.54, 1.807) is 33.0 Å². The maximum Gasteiger partial charge on any atom is 0.251 e. The second-order valence-electron chi connectivity index (χ2n) is 7.46. The van der Waals surface area contributed by atoms with Gasteiger partial charge in [-0.2, -0.15) is 4.99 Å². The molecule has 0 spiro atoms. The van der Waals surface area contributed by atoms with Crippen molar-refractivity contribution < 1.29 is 18.0 Å². The number of carbonyl (C=O) groups excluding carboxylic acids is 2. The first-order valence-electron chi connectivity index (χ1n) is 9.77. The van der Waals surface area contributed by atoms with Crippen LogP contribution >= 0.6 is 0 Å². The Kier molecular flexibility index (Phi) is 6.36. The van der Waals surface area contributed by atoms with Gasteiger partial charge >= 0.3 is 0 Å². The third-order valence-electron chi connectivity index (χ3n) is 5.11. The van der Waals surface area contributed by atoms with Gasteiger partial charge in [0.1, 0.15) is 5.84 Å². The second kappa shape index (κ2) is 8.79. The molecule has 1 aliphatic heterocycles. The highest BCUT2D eigenvalue weighted by atomic mass is 32.2. The molecular formula is C22H25N3O4S. The van der Waals surface area contributed by atoms with Crippen molar-refractivity contribution in [3.05, 3.63) is 59.7 Å². The number of nitrogens with one attached hydrogen (secondary N) is 2. The third-order valence-corrected chi connectivity index (χ3v) is 6.84. The third kappa shape index (κ3) is 4.76. The highest BCUT2D eigenvalue weighted by Gasteiger charge is 2.29. The van der Waals surface area contributed by atoms with Crippen LogP contribution in [-0.2, 0) is 14.8 Å². The Morgan fingerprint density at radius 2 is 1.60 bits per heavy atom. The number of hydrogen-bond donors (Lipinski definition) is 2. The van der Waals surface area contributed by atoms with Gasteiger partial charge in [-0.15, -0.1) is 0 Å². The molecule has 8 heteroatoms. The first kappa shape index (κ1) is 21.7. The fourth-order valence-corrected chi connectivity index (χ4v) is 3.94. The second-order valence-corrected chi connectivity index (χ2v) is 9.69. The van der Waals surface area contributed by atoms with Gasteiger partial charge in [-0.3, -0.25) is 14.3 Å². The van der Waals surface area contributed by atoms with E-state index in [1.807, 2.05) is 36.4 Å². The Morgan fingerprint density at radius 3 is 2.13 bits per heavy atom. The molecule has 1 atom stereocenters. The molecule has 158 valence electrons. The minimum Gasteiger partial charge on any atom is -0.355 e.